The number of nitrogens with zero attached hydrogens (tertiary/aromatic N) is 7. The van der Waals surface area contributed by atoms with E-state index in [-0.39, 0.29) is 5.66 Å². The average molecular weight is 491 g/mol. The average Bonchev–Trinajstić information content (AvgIpc) is 3.36. The van der Waals surface area contributed by atoms with Crippen LogP contribution in [-0.2, 0) is 0 Å². The van der Waals surface area contributed by atoms with Gasteiger partial charge in [-0.15, -0.1) is 4.59 Å². The molecule has 7 heteroatoms. The molecule has 1 atom stereocenters. The minimum atomic E-state index is -0.100. The molecule has 0 amide bonds. The van der Waals surface area contributed by atoms with Gasteiger partial charge in [0.1, 0.15) is 5.66 Å². The molecule has 1 saturated carbocycles. The summed E-state index contributed by atoms with van der Waals surface area (Å²) in [5, 5.41) is 3.73. The van der Waals surface area contributed by atoms with Gasteiger partial charge in [0.15, 0.2) is 6.20 Å². The van der Waals surface area contributed by atoms with Crippen molar-refractivity contribution in [1.82, 2.24) is 14.8 Å². The number of piperazine rings is 1. The molecule has 4 heterocycles. The molecule has 1 unspecified atom stereocenters. The number of fused-ring (bicyclic) bond motifs is 2. The summed E-state index contributed by atoms with van der Waals surface area (Å²) < 4.78 is 0.430. The summed E-state index contributed by atoms with van der Waals surface area (Å²) in [6, 6.07) is 21.5. The number of anilines is 1. The SMILES string of the molecule is CN1CCN(C2(N(c3ccc4ccc(-c5ccccc5)nc4c3)[N+]34C=CN=CC3=CN=C4)CCC2)CC1. The van der Waals surface area contributed by atoms with Gasteiger partial charge in [-0.2, -0.15) is 5.01 Å². The van der Waals surface area contributed by atoms with Gasteiger partial charge in [-0.25, -0.2) is 9.98 Å². The molecule has 7 nitrogen and oxygen atoms in total. The minimum Gasteiger partial charge on any atom is -0.304 e. The van der Waals surface area contributed by atoms with Crippen molar-refractivity contribution in [2.24, 2.45) is 9.98 Å². The zero-order valence-corrected chi connectivity index (χ0v) is 21.2. The minimum absolute atomic E-state index is 0.100. The fraction of sp³-hybridized carbons (Fsp3) is 0.300. The topological polar surface area (TPSA) is 47.3 Å². The van der Waals surface area contributed by atoms with E-state index in [1.807, 2.05) is 31.0 Å². The van der Waals surface area contributed by atoms with Gasteiger partial charge in [0.25, 0.3) is 0 Å². The maximum absolute atomic E-state index is 5.12. The first kappa shape index (κ1) is 22.5. The van der Waals surface area contributed by atoms with E-state index in [4.69, 9.17) is 4.98 Å². The molecular weight excluding hydrogens is 458 g/mol. The van der Waals surface area contributed by atoms with Crippen molar-refractivity contribution in [2.45, 2.75) is 24.9 Å². The van der Waals surface area contributed by atoms with Gasteiger partial charge in [0.2, 0.25) is 12.0 Å². The largest absolute Gasteiger partial charge is 0.304 e. The highest BCUT2D eigenvalue weighted by atomic mass is 15.8. The highest BCUT2D eigenvalue weighted by molar-refractivity contribution is 5.86. The Balaban J connectivity index is 1.39. The molecule has 0 N–H and O–H groups in total. The third kappa shape index (κ3) is 3.57. The normalized spacial score (nSPS) is 24.6. The van der Waals surface area contributed by atoms with Crippen molar-refractivity contribution in [2.75, 3.05) is 38.2 Å². The molecule has 3 aromatic rings. The second-order valence-electron chi connectivity index (χ2n) is 10.5. The Morgan fingerprint density at radius 1 is 0.919 bits per heavy atom. The number of likely N-dealkylation sites (N-methyl/N-ethyl adjacent to an activating group) is 1. The monoisotopic (exact) mass is 490 g/mol. The van der Waals surface area contributed by atoms with Crippen LogP contribution in [0.3, 0.4) is 0 Å². The number of pyridine rings is 1. The fourth-order valence-electron chi connectivity index (χ4n) is 6.24. The van der Waals surface area contributed by atoms with Crippen LogP contribution in [0.2, 0.25) is 0 Å². The molecule has 3 aliphatic heterocycles. The van der Waals surface area contributed by atoms with Crippen molar-refractivity contribution in [3.63, 3.8) is 0 Å². The van der Waals surface area contributed by atoms with Crippen molar-refractivity contribution < 1.29 is 4.59 Å². The predicted octanol–water partition coefficient (Wildman–Crippen LogP) is 5.01. The third-order valence-electron chi connectivity index (χ3n) is 8.41. The van der Waals surface area contributed by atoms with E-state index in [2.05, 4.69) is 92.6 Å². The smallest absolute Gasteiger partial charge is 0.225 e. The first-order valence-electron chi connectivity index (χ1n) is 13.2. The summed E-state index contributed by atoms with van der Waals surface area (Å²) in [5.74, 6) is 0. The van der Waals surface area contributed by atoms with Gasteiger partial charge in [-0.3, -0.25) is 9.89 Å². The van der Waals surface area contributed by atoms with E-state index in [1.165, 1.54) is 6.42 Å². The van der Waals surface area contributed by atoms with Crippen LogP contribution >= 0.6 is 0 Å². The molecule has 186 valence electrons. The van der Waals surface area contributed by atoms with Crippen LogP contribution in [-0.4, -0.2) is 70.8 Å². The lowest BCUT2D eigenvalue weighted by molar-refractivity contribution is -0.754. The molecule has 1 aromatic heterocycles. The van der Waals surface area contributed by atoms with Crippen LogP contribution in [0.1, 0.15) is 19.3 Å². The van der Waals surface area contributed by atoms with Gasteiger partial charge < -0.3 is 4.90 Å². The summed E-state index contributed by atoms with van der Waals surface area (Å²) in [4.78, 5) is 19.4. The van der Waals surface area contributed by atoms with Gasteiger partial charge >= 0.3 is 0 Å². The molecule has 1 saturated heterocycles. The molecule has 0 bridgehead atoms. The van der Waals surface area contributed by atoms with Crippen LogP contribution < -0.4 is 5.01 Å². The van der Waals surface area contributed by atoms with Gasteiger partial charge in [0, 0.05) is 37.1 Å². The first-order chi connectivity index (χ1) is 18.2. The van der Waals surface area contributed by atoms with Gasteiger partial charge in [-0.1, -0.05) is 42.5 Å². The van der Waals surface area contributed by atoms with E-state index in [1.54, 1.807) is 0 Å². The molecule has 2 aromatic carbocycles. The second kappa shape index (κ2) is 8.73. The Hall–Kier alpha value is -3.65. The number of quaternary nitrogens is 1. The summed E-state index contributed by atoms with van der Waals surface area (Å²) in [7, 11) is 2.22. The molecule has 4 aliphatic rings. The van der Waals surface area contributed by atoms with Gasteiger partial charge in [-0.05, 0) is 44.5 Å². The maximum atomic E-state index is 5.12. The quantitative estimate of drug-likeness (QED) is 0.472. The number of benzene rings is 2. The first-order valence-corrected chi connectivity index (χ1v) is 13.2. The van der Waals surface area contributed by atoms with Crippen molar-refractivity contribution in [3.05, 3.63) is 85.0 Å². The molecular formula is C30H32N7+. The Bertz CT molecular complexity index is 1450. The van der Waals surface area contributed by atoms with Crippen molar-refractivity contribution >= 4 is 29.1 Å². The van der Waals surface area contributed by atoms with Gasteiger partial charge in [0.05, 0.1) is 35.5 Å². The zero-order valence-electron chi connectivity index (χ0n) is 21.2. The Morgan fingerprint density at radius 2 is 1.73 bits per heavy atom. The van der Waals surface area contributed by atoms with E-state index >= 15 is 0 Å². The zero-order chi connectivity index (χ0) is 24.9. The maximum Gasteiger partial charge on any atom is 0.225 e. The van der Waals surface area contributed by atoms with Crippen LogP contribution in [0.4, 0.5) is 5.69 Å². The lowest BCUT2D eigenvalue weighted by Gasteiger charge is -2.60. The van der Waals surface area contributed by atoms with Crippen molar-refractivity contribution in [1.29, 1.82) is 0 Å². The molecule has 7 rings (SSSR count). The lowest BCUT2D eigenvalue weighted by Crippen LogP contribution is -2.75. The molecule has 0 spiro atoms. The fourth-order valence-corrected chi connectivity index (χ4v) is 6.24. The molecule has 37 heavy (non-hydrogen) atoms. The number of rotatable bonds is 5. The number of aliphatic imine (C=N–C) groups is 2. The predicted molar refractivity (Wildman–Crippen MR) is 150 cm³/mol. The number of aromatic nitrogens is 1. The van der Waals surface area contributed by atoms with Crippen LogP contribution in [0.15, 0.2) is 94.9 Å². The second-order valence-corrected chi connectivity index (χ2v) is 10.5. The summed E-state index contributed by atoms with van der Waals surface area (Å²) >= 11 is 0. The molecule has 2 fully saturated rings. The number of hydrogen-bond donors (Lipinski definition) is 0. The Labute approximate surface area is 217 Å². The Kier molecular flexibility index (Phi) is 5.32. The third-order valence-corrected chi connectivity index (χ3v) is 8.41. The van der Waals surface area contributed by atoms with Crippen LogP contribution in [0, 0.1) is 0 Å². The summed E-state index contributed by atoms with van der Waals surface area (Å²) in [6.07, 6.45) is 13.5. The summed E-state index contributed by atoms with van der Waals surface area (Å²) in [5.41, 5.74) is 5.25. The van der Waals surface area contributed by atoms with Crippen LogP contribution in [0.25, 0.3) is 22.2 Å². The number of allylic oxidation sites excluding steroid dienone is 1. The highest BCUT2D eigenvalue weighted by Gasteiger charge is 2.58. The van der Waals surface area contributed by atoms with E-state index < -0.39 is 0 Å². The standard InChI is InChI=1S/C30H32N7/c1-34-15-17-35(18-16-34)30(12-5-13-30)36(37-19-14-31-21-27(37)22-32-23-37)26-10-8-25-9-11-28(33-29(25)20-26)24-6-3-2-4-7-24/h2-4,6-11,14,19-23H,5,12-13,15-18H2,1H3/q+1. The van der Waals surface area contributed by atoms with Crippen LogP contribution in [0.5, 0.6) is 0 Å². The van der Waals surface area contributed by atoms with Crippen molar-refractivity contribution in [3.8, 4) is 11.3 Å². The van der Waals surface area contributed by atoms with E-state index in [0.29, 0.717) is 4.59 Å². The molecule has 1 aliphatic carbocycles. The Morgan fingerprint density at radius 3 is 2.51 bits per heavy atom. The molecule has 0 radical (unpaired) electrons. The summed E-state index contributed by atoms with van der Waals surface area (Å²) in [6.45, 7) is 4.29. The van der Waals surface area contributed by atoms with E-state index in [9.17, 15) is 0 Å². The number of hydrogen-bond acceptors (Lipinski definition) is 6. The van der Waals surface area contributed by atoms with E-state index in [0.717, 1.165) is 72.6 Å². The highest BCUT2D eigenvalue weighted by Crippen LogP contribution is 2.49. The lowest BCUT2D eigenvalue weighted by atomic mass is 9.81.